The van der Waals surface area contributed by atoms with Crippen molar-refractivity contribution >= 4 is 19.9 Å². The summed E-state index contributed by atoms with van der Waals surface area (Å²) in [5.74, 6) is -1.24. The van der Waals surface area contributed by atoms with Gasteiger partial charge in [0.1, 0.15) is 35.1 Å². The van der Waals surface area contributed by atoms with Crippen LogP contribution in [0.15, 0.2) is 60.7 Å². The first-order valence-corrected chi connectivity index (χ1v) is 10.4. The minimum atomic E-state index is -2.90. The number of benzene rings is 2. The fourth-order valence-corrected chi connectivity index (χ4v) is 3.19. The molecule has 34 heavy (non-hydrogen) atoms. The third-order valence-electron chi connectivity index (χ3n) is 4.26. The summed E-state index contributed by atoms with van der Waals surface area (Å²) in [6.07, 6.45) is 0. The number of aromatic nitrogens is 4. The van der Waals surface area contributed by atoms with E-state index in [1.165, 1.54) is 48.5 Å². The van der Waals surface area contributed by atoms with Crippen LogP contribution in [0.2, 0.25) is 0 Å². The topological polar surface area (TPSA) is 143 Å². The summed E-state index contributed by atoms with van der Waals surface area (Å²) in [6, 6.07) is 17.5. The van der Waals surface area contributed by atoms with E-state index in [0.717, 1.165) is 9.36 Å². The molecule has 0 atom stereocenters. The maximum absolute atomic E-state index is 14.2. The Kier molecular flexibility index (Phi) is 6.52. The number of halogens is 2. The SMILES string of the molecule is N#Cc1cc(NO[P+](=O)ONc2cc(C#N)nn2-c2ccccc2F)n(-c2ccccc2F)n1. The molecular formula is C20H12F2N8O3P+. The molecule has 4 aromatic rings. The minimum Gasteiger partial charge on any atom is -0.211 e. The van der Waals surface area contributed by atoms with Crippen LogP contribution in [0.1, 0.15) is 11.4 Å². The normalized spacial score (nSPS) is 10.4. The predicted molar refractivity (Wildman–Crippen MR) is 113 cm³/mol. The molecule has 0 amide bonds. The summed E-state index contributed by atoms with van der Waals surface area (Å²) in [6.45, 7) is 0. The van der Waals surface area contributed by atoms with Gasteiger partial charge < -0.3 is 0 Å². The largest absolute Gasteiger partial charge is 0.746 e. The van der Waals surface area contributed by atoms with Gasteiger partial charge in [-0.15, -0.1) is 0 Å². The zero-order chi connectivity index (χ0) is 24.1. The molecule has 0 unspecified atom stereocenters. The number of nitrogens with zero attached hydrogens (tertiary/aromatic N) is 6. The highest BCUT2D eigenvalue weighted by Crippen LogP contribution is 2.28. The molecule has 0 saturated carbocycles. The molecule has 0 aliphatic rings. The maximum atomic E-state index is 14.2. The number of anilines is 2. The zero-order valence-electron chi connectivity index (χ0n) is 16.9. The van der Waals surface area contributed by atoms with Crippen molar-refractivity contribution in [2.75, 3.05) is 11.0 Å². The van der Waals surface area contributed by atoms with Crippen LogP contribution in [0.3, 0.4) is 0 Å². The van der Waals surface area contributed by atoms with Crippen LogP contribution in [0.5, 0.6) is 0 Å². The third kappa shape index (κ3) is 4.72. The summed E-state index contributed by atoms with van der Waals surface area (Å²) < 4.78 is 52.5. The average molecular weight is 481 g/mol. The molecule has 0 radical (unpaired) electrons. The summed E-state index contributed by atoms with van der Waals surface area (Å²) in [4.78, 5) is 0. The molecular weight excluding hydrogens is 469 g/mol. The zero-order valence-corrected chi connectivity index (χ0v) is 17.8. The monoisotopic (exact) mass is 481 g/mol. The van der Waals surface area contributed by atoms with Crippen LogP contribution in [-0.4, -0.2) is 19.6 Å². The number of nitrogens with one attached hydrogen (secondary N) is 2. The second kappa shape index (κ2) is 9.85. The van der Waals surface area contributed by atoms with Crippen LogP contribution in [0, 0.1) is 34.3 Å². The Morgan fingerprint density at radius 1 is 0.794 bits per heavy atom. The highest BCUT2D eigenvalue weighted by atomic mass is 31.1. The van der Waals surface area contributed by atoms with Crippen molar-refractivity contribution in [1.29, 1.82) is 10.5 Å². The third-order valence-corrected chi connectivity index (χ3v) is 4.74. The Morgan fingerprint density at radius 2 is 1.21 bits per heavy atom. The summed E-state index contributed by atoms with van der Waals surface area (Å²) >= 11 is 0. The molecule has 2 N–H and O–H groups in total. The fraction of sp³-hybridized carbons (Fsp3) is 0. The highest BCUT2D eigenvalue weighted by Gasteiger charge is 2.26. The quantitative estimate of drug-likeness (QED) is 0.281. The Balaban J connectivity index is 1.47. The van der Waals surface area contributed by atoms with Gasteiger partial charge >= 0.3 is 8.25 Å². The first-order chi connectivity index (χ1) is 16.5. The summed E-state index contributed by atoms with van der Waals surface area (Å²) in [5, 5.41) is 26.1. The summed E-state index contributed by atoms with van der Waals surface area (Å²) in [5.41, 5.74) is 4.52. The molecule has 0 saturated heterocycles. The molecule has 4 rings (SSSR count). The van der Waals surface area contributed by atoms with E-state index in [0.29, 0.717) is 0 Å². The van der Waals surface area contributed by atoms with Crippen LogP contribution in [0.4, 0.5) is 20.4 Å². The lowest BCUT2D eigenvalue weighted by Gasteiger charge is -2.07. The van der Waals surface area contributed by atoms with Gasteiger partial charge in [0, 0.05) is 25.9 Å². The smallest absolute Gasteiger partial charge is 0.211 e. The van der Waals surface area contributed by atoms with Gasteiger partial charge in [0.15, 0.2) is 23.0 Å². The molecule has 0 aliphatic heterocycles. The van der Waals surface area contributed by atoms with Crippen molar-refractivity contribution in [2.45, 2.75) is 0 Å². The standard InChI is InChI=1S/C20H12F2N8O3P/c21-15-5-1-3-7-17(15)29-19(9-13(11-23)25-29)27-32-34(31)33-28-20-10-14(12-24)26-30(20)18-8-4-2-6-16(18)22/h1-10,27-28H/q+1. The molecule has 0 fully saturated rings. The lowest BCUT2D eigenvalue weighted by Crippen LogP contribution is -2.08. The van der Waals surface area contributed by atoms with Crippen molar-refractivity contribution in [1.82, 2.24) is 19.6 Å². The van der Waals surface area contributed by atoms with Crippen LogP contribution < -0.4 is 11.0 Å². The van der Waals surface area contributed by atoms with Gasteiger partial charge in [0.05, 0.1) is 0 Å². The number of para-hydroxylation sites is 2. The van der Waals surface area contributed by atoms with E-state index < -0.39 is 19.9 Å². The van der Waals surface area contributed by atoms with Crippen LogP contribution >= 0.6 is 8.25 Å². The number of nitriles is 2. The number of hydrogen-bond donors (Lipinski definition) is 2. The molecule has 0 bridgehead atoms. The van der Waals surface area contributed by atoms with Gasteiger partial charge in [0.25, 0.3) is 0 Å². The molecule has 2 aromatic heterocycles. The fourth-order valence-electron chi connectivity index (χ4n) is 2.82. The van der Waals surface area contributed by atoms with E-state index in [9.17, 15) is 13.3 Å². The van der Waals surface area contributed by atoms with Gasteiger partial charge in [-0.2, -0.15) is 31.7 Å². The van der Waals surface area contributed by atoms with Crippen molar-refractivity contribution in [3.8, 4) is 23.5 Å². The molecule has 0 spiro atoms. The lowest BCUT2D eigenvalue weighted by atomic mass is 10.3. The minimum absolute atomic E-state index is 0.00300. The van der Waals surface area contributed by atoms with Crippen molar-refractivity contribution in [3.05, 3.63) is 83.7 Å². The maximum Gasteiger partial charge on any atom is 0.746 e. The lowest BCUT2D eigenvalue weighted by molar-refractivity contribution is 0.293. The molecule has 2 aromatic carbocycles. The van der Waals surface area contributed by atoms with Crippen molar-refractivity contribution in [2.24, 2.45) is 0 Å². The van der Waals surface area contributed by atoms with Gasteiger partial charge in [-0.25, -0.2) is 18.1 Å². The van der Waals surface area contributed by atoms with Crippen LogP contribution in [0.25, 0.3) is 11.4 Å². The van der Waals surface area contributed by atoms with Crippen LogP contribution in [-0.2, 0) is 13.8 Å². The average Bonchev–Trinajstić information content (AvgIpc) is 3.46. The van der Waals surface area contributed by atoms with Gasteiger partial charge in [-0.05, 0) is 24.3 Å². The van der Waals surface area contributed by atoms with E-state index in [1.54, 1.807) is 12.1 Å². The molecule has 14 heteroatoms. The first kappa shape index (κ1) is 22.5. The van der Waals surface area contributed by atoms with Crippen molar-refractivity contribution < 1.29 is 22.6 Å². The van der Waals surface area contributed by atoms with Gasteiger partial charge in [-0.3, -0.25) is 0 Å². The number of rotatable bonds is 8. The Bertz CT molecular complexity index is 1350. The van der Waals surface area contributed by atoms with E-state index in [1.807, 2.05) is 12.1 Å². The first-order valence-electron chi connectivity index (χ1n) is 9.33. The molecule has 11 nitrogen and oxygen atoms in total. The molecule has 2 heterocycles. The van der Waals surface area contributed by atoms with E-state index in [4.69, 9.17) is 19.8 Å². The molecule has 0 aliphatic carbocycles. The Morgan fingerprint density at radius 3 is 1.59 bits per heavy atom. The van der Waals surface area contributed by atoms with E-state index in [-0.39, 0.29) is 34.4 Å². The van der Waals surface area contributed by atoms with Gasteiger partial charge in [0.2, 0.25) is 0 Å². The Labute approximate surface area is 191 Å². The van der Waals surface area contributed by atoms with E-state index in [2.05, 4.69) is 21.2 Å². The van der Waals surface area contributed by atoms with Gasteiger partial charge in [-0.1, -0.05) is 24.3 Å². The molecule has 168 valence electrons. The number of hydrogen-bond acceptors (Lipinski definition) is 9. The second-order valence-corrected chi connectivity index (χ2v) is 7.20. The highest BCUT2D eigenvalue weighted by molar-refractivity contribution is 7.33. The predicted octanol–water partition coefficient (Wildman–Crippen LogP) is 4.12. The summed E-state index contributed by atoms with van der Waals surface area (Å²) in [7, 11) is -2.90. The Hall–Kier alpha value is -4.68. The van der Waals surface area contributed by atoms with E-state index >= 15 is 0 Å². The van der Waals surface area contributed by atoms with Crippen molar-refractivity contribution in [3.63, 3.8) is 0 Å². The second-order valence-electron chi connectivity index (χ2n) is 6.39.